The fraction of sp³-hybridized carbons (Fsp3) is 0.917. The van der Waals surface area contributed by atoms with Crippen LogP contribution in [0, 0.1) is 0 Å². The first-order valence-electron chi connectivity index (χ1n) is 6.14. The zero-order valence-corrected chi connectivity index (χ0v) is 11.4. The van der Waals surface area contributed by atoms with Crippen LogP contribution in [0.25, 0.3) is 0 Å². The van der Waals surface area contributed by atoms with Crippen molar-refractivity contribution in [2.45, 2.75) is 37.2 Å². The molecule has 0 aliphatic heterocycles. The van der Waals surface area contributed by atoms with Crippen molar-refractivity contribution in [1.29, 1.82) is 0 Å². The van der Waals surface area contributed by atoms with Gasteiger partial charge in [-0.25, -0.2) is 4.79 Å². The Labute approximate surface area is 108 Å². The number of ether oxygens (including phenoxy) is 2. The van der Waals surface area contributed by atoms with Gasteiger partial charge in [-0.2, -0.15) is 0 Å². The van der Waals surface area contributed by atoms with E-state index in [2.05, 4.69) is 0 Å². The summed E-state index contributed by atoms with van der Waals surface area (Å²) >= 11 is 5.99. The lowest BCUT2D eigenvalue weighted by atomic mass is 9.97. The lowest BCUT2D eigenvalue weighted by Crippen LogP contribution is -2.26. The third kappa shape index (κ3) is 6.86. The van der Waals surface area contributed by atoms with Crippen molar-refractivity contribution in [3.63, 3.8) is 0 Å². The maximum absolute atomic E-state index is 11.3. The van der Waals surface area contributed by atoms with Crippen molar-refractivity contribution in [2.75, 3.05) is 33.9 Å². The maximum atomic E-state index is 11.3. The Kier molecular flexibility index (Phi) is 6.85. The largest absolute Gasteiger partial charge is 0.463 e. The molecule has 5 heteroatoms. The number of alkyl halides is 1. The van der Waals surface area contributed by atoms with Crippen molar-refractivity contribution in [2.24, 2.45) is 0 Å². The maximum Gasteiger partial charge on any atom is 0.332 e. The molecule has 1 saturated carbocycles. The molecule has 0 N–H and O–H groups in total. The number of nitrogens with zero attached hydrogens (tertiary/aromatic N) is 1. The number of rotatable bonds is 6. The van der Waals surface area contributed by atoms with E-state index in [1.165, 1.54) is 0 Å². The van der Waals surface area contributed by atoms with Gasteiger partial charge in [-0.15, -0.1) is 11.6 Å². The molecule has 4 nitrogen and oxygen atoms in total. The summed E-state index contributed by atoms with van der Waals surface area (Å²) in [5.74, 6) is -0.278. The predicted molar refractivity (Wildman–Crippen MR) is 67.4 cm³/mol. The molecule has 1 rings (SSSR count). The standard InChI is InChI=1S/C12H22ClNO3/c1-14(2)7-8-16-12(15)9-17-11-5-3-10(13)4-6-11/h10-11H,3-9H2,1-2H3. The monoisotopic (exact) mass is 263 g/mol. The van der Waals surface area contributed by atoms with E-state index in [1.54, 1.807) is 0 Å². The molecule has 0 amide bonds. The number of carbonyl (C=O) groups excluding carboxylic acids is 1. The summed E-state index contributed by atoms with van der Waals surface area (Å²) in [5, 5.41) is 0.280. The summed E-state index contributed by atoms with van der Waals surface area (Å²) in [6.45, 7) is 1.22. The third-order valence-electron chi connectivity index (χ3n) is 2.84. The average Bonchev–Trinajstić information content (AvgIpc) is 2.28. The quantitative estimate of drug-likeness (QED) is 0.540. The number of carbonyl (C=O) groups is 1. The normalized spacial score (nSPS) is 24.9. The zero-order chi connectivity index (χ0) is 12.7. The van der Waals surface area contributed by atoms with Gasteiger partial charge in [0.2, 0.25) is 0 Å². The molecule has 0 saturated heterocycles. The van der Waals surface area contributed by atoms with Gasteiger partial charge in [0.15, 0.2) is 0 Å². The highest BCUT2D eigenvalue weighted by Crippen LogP contribution is 2.24. The molecule has 0 spiro atoms. The highest BCUT2D eigenvalue weighted by atomic mass is 35.5. The summed E-state index contributed by atoms with van der Waals surface area (Å²) in [6.07, 6.45) is 4.01. The third-order valence-corrected chi connectivity index (χ3v) is 3.28. The van der Waals surface area contributed by atoms with Crippen LogP contribution in [0.1, 0.15) is 25.7 Å². The average molecular weight is 264 g/mol. The van der Waals surface area contributed by atoms with Crippen LogP contribution < -0.4 is 0 Å². The minimum Gasteiger partial charge on any atom is -0.463 e. The summed E-state index contributed by atoms with van der Waals surface area (Å²) in [6, 6.07) is 0. The highest BCUT2D eigenvalue weighted by molar-refractivity contribution is 6.20. The van der Waals surface area contributed by atoms with Gasteiger partial charge in [0.05, 0.1) is 6.10 Å². The first-order chi connectivity index (χ1) is 8.08. The molecule has 0 aromatic rings. The lowest BCUT2D eigenvalue weighted by molar-refractivity contribution is -0.151. The molecule has 0 bridgehead atoms. The first kappa shape index (κ1) is 14.7. The smallest absolute Gasteiger partial charge is 0.332 e. The zero-order valence-electron chi connectivity index (χ0n) is 10.7. The second-order valence-electron chi connectivity index (χ2n) is 4.71. The molecule has 1 fully saturated rings. The topological polar surface area (TPSA) is 38.8 Å². The SMILES string of the molecule is CN(C)CCOC(=O)COC1CCC(Cl)CC1. The lowest BCUT2D eigenvalue weighted by Gasteiger charge is -2.24. The van der Waals surface area contributed by atoms with Gasteiger partial charge in [0.1, 0.15) is 13.2 Å². The molecule has 0 atom stereocenters. The molecule has 1 aliphatic rings. The van der Waals surface area contributed by atoms with Crippen LogP contribution in [0.15, 0.2) is 0 Å². The Morgan fingerprint density at radius 2 is 1.94 bits per heavy atom. The van der Waals surface area contributed by atoms with Crippen molar-refractivity contribution in [3.8, 4) is 0 Å². The van der Waals surface area contributed by atoms with E-state index in [0.29, 0.717) is 6.61 Å². The number of hydrogen-bond donors (Lipinski definition) is 0. The van der Waals surface area contributed by atoms with Crippen LogP contribution in [0.4, 0.5) is 0 Å². The van der Waals surface area contributed by atoms with E-state index in [1.807, 2.05) is 19.0 Å². The Hall–Kier alpha value is -0.320. The van der Waals surface area contributed by atoms with Gasteiger partial charge in [-0.05, 0) is 39.8 Å². The highest BCUT2D eigenvalue weighted by Gasteiger charge is 2.20. The first-order valence-corrected chi connectivity index (χ1v) is 6.57. The van der Waals surface area contributed by atoms with Gasteiger partial charge in [-0.3, -0.25) is 0 Å². The Balaban J connectivity index is 2.03. The predicted octanol–water partition coefficient (Wildman–Crippen LogP) is 1.66. The molecule has 100 valence electrons. The molecule has 0 aromatic heterocycles. The van der Waals surface area contributed by atoms with Crippen molar-refractivity contribution < 1.29 is 14.3 Å². The summed E-state index contributed by atoms with van der Waals surface area (Å²) in [4.78, 5) is 13.3. The Bertz CT molecular complexity index is 228. The minimum atomic E-state index is -0.278. The molecule has 0 heterocycles. The van der Waals surface area contributed by atoms with Gasteiger partial charge >= 0.3 is 5.97 Å². The number of hydrogen-bond acceptors (Lipinski definition) is 4. The fourth-order valence-corrected chi connectivity index (χ4v) is 2.01. The van der Waals surface area contributed by atoms with E-state index in [4.69, 9.17) is 21.1 Å². The Morgan fingerprint density at radius 1 is 1.29 bits per heavy atom. The van der Waals surface area contributed by atoms with Gasteiger partial charge in [0.25, 0.3) is 0 Å². The van der Waals surface area contributed by atoms with E-state index < -0.39 is 0 Å². The Morgan fingerprint density at radius 3 is 2.53 bits per heavy atom. The number of esters is 1. The molecule has 1 aliphatic carbocycles. The van der Waals surface area contributed by atoms with E-state index >= 15 is 0 Å². The molecule has 0 aromatic carbocycles. The molecular weight excluding hydrogens is 242 g/mol. The van der Waals surface area contributed by atoms with Crippen LogP contribution in [-0.2, 0) is 14.3 Å². The van der Waals surface area contributed by atoms with Gasteiger partial charge in [0, 0.05) is 11.9 Å². The molecular formula is C12H22ClNO3. The van der Waals surface area contributed by atoms with Crippen LogP contribution in [0.2, 0.25) is 0 Å². The summed E-state index contributed by atoms with van der Waals surface area (Å²) in [7, 11) is 3.88. The van der Waals surface area contributed by atoms with E-state index in [9.17, 15) is 4.79 Å². The number of likely N-dealkylation sites (N-methyl/N-ethyl adjacent to an activating group) is 1. The molecule has 0 radical (unpaired) electrons. The van der Waals surface area contributed by atoms with Crippen LogP contribution >= 0.6 is 11.6 Å². The van der Waals surface area contributed by atoms with Crippen LogP contribution in [0.3, 0.4) is 0 Å². The van der Waals surface area contributed by atoms with Crippen LogP contribution in [-0.4, -0.2) is 56.2 Å². The van der Waals surface area contributed by atoms with E-state index in [-0.39, 0.29) is 24.1 Å². The second kappa shape index (κ2) is 7.90. The second-order valence-corrected chi connectivity index (χ2v) is 5.33. The molecule has 17 heavy (non-hydrogen) atoms. The van der Waals surface area contributed by atoms with Crippen LogP contribution in [0.5, 0.6) is 0 Å². The fourth-order valence-electron chi connectivity index (χ4n) is 1.76. The van der Waals surface area contributed by atoms with Gasteiger partial charge < -0.3 is 14.4 Å². The van der Waals surface area contributed by atoms with E-state index in [0.717, 1.165) is 32.2 Å². The van der Waals surface area contributed by atoms with Crippen molar-refractivity contribution >= 4 is 17.6 Å². The number of halogens is 1. The van der Waals surface area contributed by atoms with Crippen molar-refractivity contribution in [1.82, 2.24) is 4.90 Å². The van der Waals surface area contributed by atoms with Gasteiger partial charge in [-0.1, -0.05) is 0 Å². The summed E-state index contributed by atoms with van der Waals surface area (Å²) in [5.41, 5.74) is 0. The minimum absolute atomic E-state index is 0.0606. The molecule has 0 unspecified atom stereocenters. The van der Waals surface area contributed by atoms with Crippen molar-refractivity contribution in [3.05, 3.63) is 0 Å². The summed E-state index contributed by atoms with van der Waals surface area (Å²) < 4.78 is 10.5.